The summed E-state index contributed by atoms with van der Waals surface area (Å²) < 4.78 is 0. The van der Waals surface area contributed by atoms with E-state index in [0.717, 1.165) is 5.39 Å². The molecule has 2 amide bonds. The quantitative estimate of drug-likeness (QED) is 0.803. The molecule has 0 aliphatic carbocycles. The number of carbonyl (C=O) groups excluding carboxylic acids is 2. The molecule has 6 heteroatoms. The van der Waals surface area contributed by atoms with Crippen LogP contribution in [0.3, 0.4) is 0 Å². The zero-order valence-corrected chi connectivity index (χ0v) is 13.5. The fourth-order valence-corrected chi connectivity index (χ4v) is 2.82. The molecule has 0 saturated carbocycles. The van der Waals surface area contributed by atoms with E-state index in [2.05, 4.69) is 15.6 Å². The van der Waals surface area contributed by atoms with Crippen molar-refractivity contribution >= 4 is 22.7 Å². The summed E-state index contributed by atoms with van der Waals surface area (Å²) in [5.41, 5.74) is 1.51. The molecule has 1 aliphatic rings. The molecule has 6 nitrogen and oxygen atoms in total. The molecule has 0 saturated heterocycles. The lowest BCUT2D eigenvalue weighted by Crippen LogP contribution is -2.32. The summed E-state index contributed by atoms with van der Waals surface area (Å²) >= 11 is 0. The van der Waals surface area contributed by atoms with Gasteiger partial charge in [-0.25, -0.2) is 0 Å². The van der Waals surface area contributed by atoms with Gasteiger partial charge in [-0.1, -0.05) is 32.0 Å². The zero-order valence-electron chi connectivity index (χ0n) is 13.5. The molecule has 3 N–H and O–H groups in total. The van der Waals surface area contributed by atoms with Gasteiger partial charge in [0.15, 0.2) is 0 Å². The second kappa shape index (κ2) is 6.31. The van der Waals surface area contributed by atoms with Crippen LogP contribution in [0.5, 0.6) is 5.75 Å². The summed E-state index contributed by atoms with van der Waals surface area (Å²) in [5, 5.41) is 16.8. The van der Waals surface area contributed by atoms with Crippen LogP contribution in [0.1, 0.15) is 31.9 Å². The van der Waals surface area contributed by atoms with Gasteiger partial charge in [-0.15, -0.1) is 0 Å². The number of amides is 2. The molecule has 1 aromatic heterocycles. The van der Waals surface area contributed by atoms with E-state index in [1.54, 1.807) is 18.3 Å². The van der Waals surface area contributed by atoms with Crippen molar-refractivity contribution in [3.8, 4) is 5.75 Å². The third-order valence-electron chi connectivity index (χ3n) is 4.12. The molecule has 3 rings (SSSR count). The highest BCUT2D eigenvalue weighted by Crippen LogP contribution is 2.34. The number of aromatic nitrogens is 1. The molecule has 1 aliphatic heterocycles. The van der Waals surface area contributed by atoms with Crippen LogP contribution in [0.25, 0.3) is 10.9 Å². The Morgan fingerprint density at radius 3 is 2.79 bits per heavy atom. The van der Waals surface area contributed by atoms with Gasteiger partial charge >= 0.3 is 0 Å². The first-order valence-corrected chi connectivity index (χ1v) is 7.83. The number of hydrogen-bond donors (Lipinski definition) is 3. The van der Waals surface area contributed by atoms with Gasteiger partial charge < -0.3 is 15.7 Å². The molecule has 24 heavy (non-hydrogen) atoms. The second-order valence-electron chi connectivity index (χ2n) is 6.19. The molecule has 0 spiro atoms. The summed E-state index contributed by atoms with van der Waals surface area (Å²) in [6.07, 6.45) is 3.12. The molecule has 1 atom stereocenters. The predicted molar refractivity (Wildman–Crippen MR) is 90.0 cm³/mol. The molecular weight excluding hydrogens is 306 g/mol. The second-order valence-corrected chi connectivity index (χ2v) is 6.19. The van der Waals surface area contributed by atoms with Crippen molar-refractivity contribution in [1.82, 2.24) is 15.6 Å². The minimum Gasteiger partial charge on any atom is -0.505 e. The van der Waals surface area contributed by atoms with E-state index >= 15 is 0 Å². The summed E-state index contributed by atoms with van der Waals surface area (Å²) in [4.78, 5) is 27.9. The van der Waals surface area contributed by atoms with Crippen LogP contribution in [-0.2, 0) is 9.59 Å². The van der Waals surface area contributed by atoms with Gasteiger partial charge in [0.25, 0.3) is 0 Å². The van der Waals surface area contributed by atoms with Crippen molar-refractivity contribution in [3.63, 3.8) is 0 Å². The number of rotatable bonds is 4. The molecule has 1 unspecified atom stereocenters. The summed E-state index contributed by atoms with van der Waals surface area (Å²) in [5.74, 6) is -0.389. The Bertz CT molecular complexity index is 843. The van der Waals surface area contributed by atoms with Gasteiger partial charge in [0, 0.05) is 28.9 Å². The Hall–Kier alpha value is -2.89. The number of pyridine rings is 1. The fraction of sp³-hybridized carbons (Fsp3) is 0.278. The first-order chi connectivity index (χ1) is 11.5. The first kappa shape index (κ1) is 16.0. The Morgan fingerprint density at radius 1 is 1.33 bits per heavy atom. The van der Waals surface area contributed by atoms with Crippen molar-refractivity contribution in [2.75, 3.05) is 0 Å². The zero-order chi connectivity index (χ0) is 17.3. The minimum absolute atomic E-state index is 0.0478. The molecule has 2 aromatic rings. The van der Waals surface area contributed by atoms with Crippen LogP contribution in [0.2, 0.25) is 0 Å². The van der Waals surface area contributed by atoms with Crippen molar-refractivity contribution in [2.45, 2.75) is 26.3 Å². The highest BCUT2D eigenvalue weighted by Gasteiger charge is 2.26. The van der Waals surface area contributed by atoms with Crippen molar-refractivity contribution in [2.24, 2.45) is 5.92 Å². The molecule has 0 radical (unpaired) electrons. The van der Waals surface area contributed by atoms with Crippen molar-refractivity contribution in [3.05, 3.63) is 47.8 Å². The van der Waals surface area contributed by atoms with Gasteiger partial charge in [0.2, 0.25) is 11.8 Å². The standard InChI is InChI=1S/C18H19N3O3/c1-10(2)15(21-18(24)12-8-14(22)20-9-12)13-6-5-11-4-3-7-19-16(11)17(13)23/h3-7,9-10,15,23H,8H2,1-2H3,(H,20,22)(H,21,24). The lowest BCUT2D eigenvalue weighted by Gasteiger charge is -2.24. The smallest absolute Gasteiger partial charge is 0.249 e. The average molecular weight is 325 g/mol. The summed E-state index contributed by atoms with van der Waals surface area (Å²) in [6.45, 7) is 3.92. The van der Waals surface area contributed by atoms with E-state index in [0.29, 0.717) is 16.7 Å². The van der Waals surface area contributed by atoms with E-state index in [4.69, 9.17) is 0 Å². The number of fused-ring (bicyclic) bond motifs is 1. The van der Waals surface area contributed by atoms with Gasteiger partial charge in [-0.05, 0) is 12.0 Å². The first-order valence-electron chi connectivity index (χ1n) is 7.83. The maximum atomic E-state index is 12.4. The SMILES string of the molecule is CC(C)C(NC(=O)C1=CNC(=O)C1)c1ccc2cccnc2c1O. The number of phenols is 1. The Morgan fingerprint density at radius 2 is 2.12 bits per heavy atom. The lowest BCUT2D eigenvalue weighted by atomic mass is 9.93. The average Bonchev–Trinajstić information content (AvgIpc) is 3.00. The van der Waals surface area contributed by atoms with E-state index in [-0.39, 0.29) is 35.9 Å². The van der Waals surface area contributed by atoms with Crippen molar-refractivity contribution in [1.29, 1.82) is 0 Å². The molecular formula is C18H19N3O3. The Labute approximate surface area is 139 Å². The van der Waals surface area contributed by atoms with Gasteiger partial charge in [0.1, 0.15) is 11.3 Å². The monoisotopic (exact) mass is 325 g/mol. The normalized spacial score (nSPS) is 15.3. The van der Waals surface area contributed by atoms with Crippen LogP contribution < -0.4 is 10.6 Å². The van der Waals surface area contributed by atoms with E-state index in [9.17, 15) is 14.7 Å². The minimum atomic E-state index is -0.388. The number of nitrogens with zero attached hydrogens (tertiary/aromatic N) is 1. The highest BCUT2D eigenvalue weighted by molar-refractivity contribution is 6.01. The van der Waals surface area contributed by atoms with E-state index < -0.39 is 0 Å². The molecule has 0 bridgehead atoms. The molecule has 2 heterocycles. The predicted octanol–water partition coefficient (Wildman–Crippen LogP) is 2.16. The maximum Gasteiger partial charge on any atom is 0.249 e. The third kappa shape index (κ3) is 2.95. The third-order valence-corrected chi connectivity index (χ3v) is 4.12. The number of phenolic OH excluding ortho intramolecular Hbond substituents is 1. The highest BCUT2D eigenvalue weighted by atomic mass is 16.3. The lowest BCUT2D eigenvalue weighted by molar-refractivity contribution is -0.121. The van der Waals surface area contributed by atoms with E-state index in [1.165, 1.54) is 6.20 Å². The number of carbonyl (C=O) groups is 2. The van der Waals surface area contributed by atoms with Crippen LogP contribution in [0.4, 0.5) is 0 Å². The van der Waals surface area contributed by atoms with Crippen LogP contribution in [0, 0.1) is 5.92 Å². The summed E-state index contributed by atoms with van der Waals surface area (Å²) in [6, 6.07) is 6.96. The van der Waals surface area contributed by atoms with Gasteiger partial charge in [0.05, 0.1) is 12.5 Å². The number of nitrogens with one attached hydrogen (secondary N) is 2. The Kier molecular flexibility index (Phi) is 4.20. The largest absolute Gasteiger partial charge is 0.505 e. The molecule has 124 valence electrons. The van der Waals surface area contributed by atoms with E-state index in [1.807, 2.05) is 26.0 Å². The molecule has 1 aromatic carbocycles. The van der Waals surface area contributed by atoms with Crippen LogP contribution in [-0.4, -0.2) is 21.9 Å². The fourth-order valence-electron chi connectivity index (χ4n) is 2.82. The summed E-state index contributed by atoms with van der Waals surface area (Å²) in [7, 11) is 0. The van der Waals surface area contributed by atoms with Gasteiger partial charge in [-0.2, -0.15) is 0 Å². The van der Waals surface area contributed by atoms with Crippen LogP contribution in [0.15, 0.2) is 42.2 Å². The molecule has 0 fully saturated rings. The number of aromatic hydroxyl groups is 1. The van der Waals surface area contributed by atoms with Crippen molar-refractivity contribution < 1.29 is 14.7 Å². The van der Waals surface area contributed by atoms with Crippen LogP contribution >= 0.6 is 0 Å². The Balaban J connectivity index is 1.93. The maximum absolute atomic E-state index is 12.4. The topological polar surface area (TPSA) is 91.3 Å². The number of benzene rings is 1. The van der Waals surface area contributed by atoms with Gasteiger partial charge in [-0.3, -0.25) is 14.6 Å². The number of hydrogen-bond acceptors (Lipinski definition) is 4.